The fraction of sp³-hybridized carbons (Fsp3) is 0.375. The monoisotopic (exact) mass is 453 g/mol. The van der Waals surface area contributed by atoms with Crippen LogP contribution in [0.1, 0.15) is 24.9 Å². The SMILES string of the molecule is CCOC(=O)[C@H]1C(=O)N(CCCOC)c2nc3ccccc3n2[C@H]1c1ccc(O)c(OC)c1. The van der Waals surface area contributed by atoms with E-state index in [2.05, 4.69) is 0 Å². The highest BCUT2D eigenvalue weighted by Crippen LogP contribution is 2.43. The summed E-state index contributed by atoms with van der Waals surface area (Å²) in [5.74, 6) is -1.46. The van der Waals surface area contributed by atoms with Crippen molar-refractivity contribution < 1.29 is 28.9 Å². The van der Waals surface area contributed by atoms with Crippen LogP contribution >= 0.6 is 0 Å². The summed E-state index contributed by atoms with van der Waals surface area (Å²) in [4.78, 5) is 33.1. The molecule has 3 aromatic rings. The quantitative estimate of drug-likeness (QED) is 0.318. The molecule has 9 heteroatoms. The Morgan fingerprint density at radius 2 is 1.97 bits per heavy atom. The number of hydrogen-bond donors (Lipinski definition) is 1. The molecule has 4 rings (SSSR count). The summed E-state index contributed by atoms with van der Waals surface area (Å²) in [6.45, 7) is 2.66. The van der Waals surface area contributed by atoms with Gasteiger partial charge in [-0.3, -0.25) is 14.5 Å². The number of aromatic nitrogens is 2. The van der Waals surface area contributed by atoms with Gasteiger partial charge in [-0.2, -0.15) is 0 Å². The van der Waals surface area contributed by atoms with Crippen LogP contribution in [0.15, 0.2) is 42.5 Å². The first-order valence-corrected chi connectivity index (χ1v) is 10.8. The molecule has 1 N–H and O–H groups in total. The average Bonchev–Trinajstić information content (AvgIpc) is 3.19. The molecular formula is C24H27N3O6. The van der Waals surface area contributed by atoms with Gasteiger partial charge in [-0.1, -0.05) is 18.2 Å². The summed E-state index contributed by atoms with van der Waals surface area (Å²) >= 11 is 0. The number of esters is 1. The molecule has 0 radical (unpaired) electrons. The first-order valence-electron chi connectivity index (χ1n) is 10.8. The molecule has 0 unspecified atom stereocenters. The number of phenols is 1. The van der Waals surface area contributed by atoms with Crippen molar-refractivity contribution in [1.82, 2.24) is 9.55 Å². The van der Waals surface area contributed by atoms with Crippen molar-refractivity contribution in [2.75, 3.05) is 38.9 Å². The Bertz CT molecular complexity index is 1170. The van der Waals surface area contributed by atoms with E-state index >= 15 is 0 Å². The molecule has 0 saturated heterocycles. The number of para-hydroxylation sites is 2. The molecule has 33 heavy (non-hydrogen) atoms. The largest absolute Gasteiger partial charge is 0.504 e. The minimum absolute atomic E-state index is 0.0343. The van der Waals surface area contributed by atoms with E-state index in [9.17, 15) is 14.7 Å². The minimum Gasteiger partial charge on any atom is -0.504 e. The Morgan fingerprint density at radius 1 is 1.18 bits per heavy atom. The average molecular weight is 453 g/mol. The number of rotatable bonds is 8. The van der Waals surface area contributed by atoms with Crippen molar-refractivity contribution in [1.29, 1.82) is 0 Å². The number of anilines is 1. The van der Waals surface area contributed by atoms with Gasteiger partial charge in [0, 0.05) is 20.3 Å². The molecule has 2 atom stereocenters. The van der Waals surface area contributed by atoms with Gasteiger partial charge in [-0.15, -0.1) is 0 Å². The third kappa shape index (κ3) is 4.00. The van der Waals surface area contributed by atoms with Gasteiger partial charge >= 0.3 is 5.97 Å². The summed E-state index contributed by atoms with van der Waals surface area (Å²) < 4.78 is 17.7. The highest BCUT2D eigenvalue weighted by molar-refractivity contribution is 6.08. The Labute approximate surface area is 191 Å². The summed E-state index contributed by atoms with van der Waals surface area (Å²) in [6, 6.07) is 11.6. The predicted molar refractivity (Wildman–Crippen MR) is 121 cm³/mol. The standard InChI is InChI=1S/C24H27N3O6/c1-4-33-23(30)20-21(15-10-11-18(28)19(14-15)32-3)27-17-9-6-5-8-16(17)25-24(27)26(22(20)29)12-7-13-31-2/h5-6,8-11,14,20-21,28H,4,7,12-13H2,1-3H3/t20-,21+/m1/s1. The lowest BCUT2D eigenvalue weighted by atomic mass is 9.89. The number of fused-ring (bicyclic) bond motifs is 3. The molecular weight excluding hydrogens is 426 g/mol. The van der Waals surface area contributed by atoms with E-state index in [-0.39, 0.29) is 24.0 Å². The number of carbonyl (C=O) groups excluding carboxylic acids is 2. The molecule has 0 fully saturated rings. The van der Waals surface area contributed by atoms with Crippen LogP contribution in [-0.4, -0.2) is 60.5 Å². The van der Waals surface area contributed by atoms with Crippen LogP contribution in [-0.2, 0) is 19.1 Å². The fourth-order valence-corrected chi connectivity index (χ4v) is 4.31. The van der Waals surface area contributed by atoms with Gasteiger partial charge in [-0.25, -0.2) is 4.98 Å². The molecule has 9 nitrogen and oxygen atoms in total. The van der Waals surface area contributed by atoms with E-state index in [1.54, 1.807) is 26.2 Å². The van der Waals surface area contributed by atoms with Crippen molar-refractivity contribution in [3.8, 4) is 11.5 Å². The van der Waals surface area contributed by atoms with E-state index in [1.165, 1.54) is 18.1 Å². The van der Waals surface area contributed by atoms with E-state index in [0.29, 0.717) is 36.6 Å². The Morgan fingerprint density at radius 3 is 2.70 bits per heavy atom. The molecule has 2 aromatic carbocycles. The number of methoxy groups -OCH3 is 2. The first kappa shape index (κ1) is 22.6. The molecule has 1 amide bonds. The normalized spacial score (nSPS) is 17.8. The zero-order valence-corrected chi connectivity index (χ0v) is 18.9. The van der Waals surface area contributed by atoms with Gasteiger partial charge in [0.15, 0.2) is 17.4 Å². The van der Waals surface area contributed by atoms with Crippen LogP contribution in [0, 0.1) is 5.92 Å². The molecule has 1 aliphatic heterocycles. The van der Waals surface area contributed by atoms with Gasteiger partial charge < -0.3 is 23.9 Å². The van der Waals surface area contributed by atoms with E-state index in [1.807, 2.05) is 28.8 Å². The number of carbonyl (C=O) groups is 2. The second kappa shape index (κ2) is 9.50. The number of phenolic OH excluding ortho intramolecular Hbond substituents is 1. The minimum atomic E-state index is -1.13. The summed E-state index contributed by atoms with van der Waals surface area (Å²) in [6.07, 6.45) is 0.582. The van der Waals surface area contributed by atoms with Crippen molar-refractivity contribution >= 4 is 28.9 Å². The second-order valence-electron chi connectivity index (χ2n) is 7.71. The number of hydrogen-bond acceptors (Lipinski definition) is 7. The van der Waals surface area contributed by atoms with Gasteiger partial charge in [0.25, 0.3) is 0 Å². The maximum Gasteiger partial charge on any atom is 0.321 e. The molecule has 1 aromatic heterocycles. The van der Waals surface area contributed by atoms with Crippen molar-refractivity contribution in [3.63, 3.8) is 0 Å². The summed E-state index contributed by atoms with van der Waals surface area (Å²) in [7, 11) is 3.05. The van der Waals surface area contributed by atoms with Gasteiger partial charge in [0.05, 0.1) is 30.8 Å². The van der Waals surface area contributed by atoms with Crippen LogP contribution in [0.4, 0.5) is 5.95 Å². The zero-order valence-electron chi connectivity index (χ0n) is 18.9. The lowest BCUT2D eigenvalue weighted by Crippen LogP contribution is -2.50. The Balaban J connectivity index is 1.96. The van der Waals surface area contributed by atoms with E-state index in [0.717, 1.165) is 5.52 Å². The Kier molecular flexibility index (Phi) is 6.50. The van der Waals surface area contributed by atoms with E-state index in [4.69, 9.17) is 19.2 Å². The zero-order chi connectivity index (χ0) is 23.5. The number of amides is 1. The highest BCUT2D eigenvalue weighted by Gasteiger charge is 2.47. The van der Waals surface area contributed by atoms with Crippen LogP contribution in [0.5, 0.6) is 11.5 Å². The molecule has 174 valence electrons. The first-order chi connectivity index (χ1) is 16.0. The molecule has 0 saturated carbocycles. The third-order valence-electron chi connectivity index (χ3n) is 5.76. The highest BCUT2D eigenvalue weighted by atomic mass is 16.5. The number of aromatic hydroxyl groups is 1. The number of benzene rings is 2. The maximum atomic E-state index is 13.7. The fourth-order valence-electron chi connectivity index (χ4n) is 4.31. The topological polar surface area (TPSA) is 103 Å². The second-order valence-corrected chi connectivity index (χ2v) is 7.71. The molecule has 0 spiro atoms. The summed E-state index contributed by atoms with van der Waals surface area (Å²) in [5, 5.41) is 10.1. The van der Waals surface area contributed by atoms with Crippen LogP contribution < -0.4 is 9.64 Å². The van der Waals surface area contributed by atoms with E-state index < -0.39 is 17.9 Å². The number of nitrogens with zero attached hydrogens (tertiary/aromatic N) is 3. The molecule has 0 bridgehead atoms. The van der Waals surface area contributed by atoms with Gasteiger partial charge in [-0.05, 0) is 43.2 Å². The van der Waals surface area contributed by atoms with Gasteiger partial charge in [0.2, 0.25) is 11.9 Å². The van der Waals surface area contributed by atoms with Crippen LogP contribution in [0.2, 0.25) is 0 Å². The smallest absolute Gasteiger partial charge is 0.321 e. The van der Waals surface area contributed by atoms with Crippen molar-refractivity contribution in [2.24, 2.45) is 5.92 Å². The van der Waals surface area contributed by atoms with Crippen molar-refractivity contribution in [2.45, 2.75) is 19.4 Å². The Hall–Kier alpha value is -3.59. The molecule has 2 heterocycles. The van der Waals surface area contributed by atoms with Crippen LogP contribution in [0.3, 0.4) is 0 Å². The van der Waals surface area contributed by atoms with Gasteiger partial charge in [0.1, 0.15) is 0 Å². The maximum absolute atomic E-state index is 13.7. The number of imidazole rings is 1. The van der Waals surface area contributed by atoms with Crippen molar-refractivity contribution in [3.05, 3.63) is 48.0 Å². The lowest BCUT2D eigenvalue weighted by Gasteiger charge is -2.38. The predicted octanol–water partition coefficient (Wildman–Crippen LogP) is 2.90. The molecule has 0 aliphatic carbocycles. The summed E-state index contributed by atoms with van der Waals surface area (Å²) in [5.41, 5.74) is 2.11. The number of ether oxygens (including phenoxy) is 3. The molecule has 1 aliphatic rings. The van der Waals surface area contributed by atoms with Crippen LogP contribution in [0.25, 0.3) is 11.0 Å². The lowest BCUT2D eigenvalue weighted by molar-refractivity contribution is -0.153. The third-order valence-corrected chi connectivity index (χ3v) is 5.76.